The average Bonchev–Trinajstić information content (AvgIpc) is 2.88. The minimum absolute atomic E-state index is 0.0864. The maximum absolute atomic E-state index is 12.6. The Morgan fingerprint density at radius 2 is 2.47 bits per heavy atom. The van der Waals surface area contributed by atoms with Crippen LogP contribution < -0.4 is 0 Å². The number of likely N-dealkylation sites (tertiary alicyclic amines) is 1. The van der Waals surface area contributed by atoms with E-state index in [1.165, 1.54) is 0 Å². The molecule has 1 amide bonds. The van der Waals surface area contributed by atoms with Gasteiger partial charge in [-0.25, -0.2) is 0 Å². The molecule has 1 saturated heterocycles. The van der Waals surface area contributed by atoms with E-state index >= 15 is 0 Å². The summed E-state index contributed by atoms with van der Waals surface area (Å²) in [6, 6.07) is 0.210. The Hall–Kier alpha value is -0.870. The molecule has 2 aliphatic rings. The van der Waals surface area contributed by atoms with Crippen molar-refractivity contribution >= 4 is 5.91 Å². The van der Waals surface area contributed by atoms with Gasteiger partial charge in [0.25, 0.3) is 5.91 Å². The van der Waals surface area contributed by atoms with Crippen LogP contribution in [-0.4, -0.2) is 49.3 Å². The summed E-state index contributed by atoms with van der Waals surface area (Å²) in [5.74, 6) is 0.0864. The molecule has 2 heterocycles. The summed E-state index contributed by atoms with van der Waals surface area (Å²) in [5, 5.41) is 0. The van der Waals surface area contributed by atoms with E-state index in [9.17, 15) is 4.79 Å². The Morgan fingerprint density at radius 3 is 3.06 bits per heavy atom. The third-order valence-electron chi connectivity index (χ3n) is 3.92. The monoisotopic (exact) mass is 239 g/mol. The predicted molar refractivity (Wildman–Crippen MR) is 64.7 cm³/mol. The Balaban J connectivity index is 2.12. The van der Waals surface area contributed by atoms with E-state index in [0.29, 0.717) is 13.2 Å². The lowest BCUT2D eigenvalue weighted by Crippen LogP contribution is -2.50. The minimum atomic E-state index is -0.754. The van der Waals surface area contributed by atoms with Gasteiger partial charge in [0.05, 0.1) is 19.3 Å². The highest BCUT2D eigenvalue weighted by Crippen LogP contribution is 2.31. The molecular weight excluding hydrogens is 218 g/mol. The van der Waals surface area contributed by atoms with E-state index in [1.54, 1.807) is 7.11 Å². The van der Waals surface area contributed by atoms with Gasteiger partial charge in [-0.3, -0.25) is 4.79 Å². The van der Waals surface area contributed by atoms with Crippen LogP contribution in [0.4, 0.5) is 0 Å². The fraction of sp³-hybridized carbons (Fsp3) is 0.769. The first-order valence-corrected chi connectivity index (χ1v) is 6.21. The van der Waals surface area contributed by atoms with E-state index in [4.69, 9.17) is 9.47 Å². The summed E-state index contributed by atoms with van der Waals surface area (Å²) in [6.45, 7) is 5.81. The van der Waals surface area contributed by atoms with Crippen molar-refractivity contribution in [1.82, 2.24) is 4.90 Å². The van der Waals surface area contributed by atoms with Crippen molar-refractivity contribution in [3.8, 4) is 0 Å². The van der Waals surface area contributed by atoms with Crippen molar-refractivity contribution in [2.24, 2.45) is 0 Å². The lowest BCUT2D eigenvalue weighted by molar-refractivity contribution is -0.150. The topological polar surface area (TPSA) is 38.8 Å². The summed E-state index contributed by atoms with van der Waals surface area (Å²) in [5.41, 5.74) is 0.265. The van der Waals surface area contributed by atoms with Gasteiger partial charge >= 0.3 is 0 Å². The second-order valence-corrected chi connectivity index (χ2v) is 4.98. The molecule has 96 valence electrons. The van der Waals surface area contributed by atoms with Gasteiger partial charge in [-0.2, -0.15) is 0 Å². The summed E-state index contributed by atoms with van der Waals surface area (Å²) in [6.07, 6.45) is 4.07. The molecule has 2 atom stereocenters. The van der Waals surface area contributed by atoms with E-state index in [1.807, 2.05) is 24.8 Å². The smallest absolute Gasteiger partial charge is 0.259 e. The lowest BCUT2D eigenvalue weighted by atomic mass is 9.96. The van der Waals surface area contributed by atoms with E-state index in [0.717, 1.165) is 25.0 Å². The third kappa shape index (κ3) is 2.11. The average molecular weight is 239 g/mol. The van der Waals surface area contributed by atoms with Gasteiger partial charge in [0.2, 0.25) is 0 Å². The summed E-state index contributed by atoms with van der Waals surface area (Å²) >= 11 is 0. The molecule has 2 rings (SSSR count). The zero-order valence-corrected chi connectivity index (χ0v) is 10.9. The van der Waals surface area contributed by atoms with Crippen molar-refractivity contribution in [2.75, 3.05) is 26.9 Å². The molecule has 0 aromatic carbocycles. The minimum Gasteiger partial charge on any atom is -0.383 e. The zero-order chi connectivity index (χ0) is 12.5. The Morgan fingerprint density at radius 1 is 1.71 bits per heavy atom. The fourth-order valence-corrected chi connectivity index (χ4v) is 2.62. The normalized spacial score (nSPS) is 33.0. The number of nitrogens with zero attached hydrogens (tertiary/aromatic N) is 1. The van der Waals surface area contributed by atoms with Crippen molar-refractivity contribution in [1.29, 1.82) is 0 Å². The van der Waals surface area contributed by atoms with Crippen LogP contribution >= 0.6 is 0 Å². The lowest BCUT2D eigenvalue weighted by Gasteiger charge is -2.33. The fourth-order valence-electron chi connectivity index (χ4n) is 2.62. The number of methoxy groups -OCH3 is 1. The van der Waals surface area contributed by atoms with Gasteiger partial charge in [0.1, 0.15) is 0 Å². The van der Waals surface area contributed by atoms with Gasteiger partial charge in [-0.1, -0.05) is 6.08 Å². The quantitative estimate of drug-likeness (QED) is 0.698. The largest absolute Gasteiger partial charge is 0.383 e. The van der Waals surface area contributed by atoms with Gasteiger partial charge in [-0.15, -0.1) is 0 Å². The third-order valence-corrected chi connectivity index (χ3v) is 3.92. The number of carbonyl (C=O) groups excluding carboxylic acids is 1. The molecular formula is C13H21NO3. The highest BCUT2D eigenvalue weighted by molar-refractivity contribution is 5.89. The second-order valence-electron chi connectivity index (χ2n) is 4.98. The maximum atomic E-state index is 12.6. The molecule has 0 bridgehead atoms. The molecule has 0 spiro atoms. The van der Waals surface area contributed by atoms with E-state index in [2.05, 4.69) is 0 Å². The van der Waals surface area contributed by atoms with Crippen LogP contribution in [0, 0.1) is 0 Å². The first-order valence-electron chi connectivity index (χ1n) is 6.21. The van der Waals surface area contributed by atoms with Crippen LogP contribution in [0.15, 0.2) is 11.6 Å². The van der Waals surface area contributed by atoms with Crippen LogP contribution in [0.25, 0.3) is 0 Å². The Bertz CT molecular complexity index is 340. The number of ether oxygens (including phenoxy) is 2. The van der Waals surface area contributed by atoms with E-state index < -0.39 is 5.60 Å². The summed E-state index contributed by atoms with van der Waals surface area (Å²) in [7, 11) is 1.68. The Kier molecular flexibility index (Phi) is 3.54. The maximum Gasteiger partial charge on any atom is 0.259 e. The van der Waals surface area contributed by atoms with Crippen LogP contribution in [0.1, 0.15) is 26.7 Å². The van der Waals surface area contributed by atoms with Crippen LogP contribution in [-0.2, 0) is 14.3 Å². The Labute approximate surface area is 103 Å². The van der Waals surface area contributed by atoms with Gasteiger partial charge in [-0.05, 0) is 32.3 Å². The second kappa shape index (κ2) is 4.78. The van der Waals surface area contributed by atoms with Crippen LogP contribution in [0.2, 0.25) is 0 Å². The molecule has 4 nitrogen and oxygen atoms in total. The molecule has 4 heteroatoms. The molecule has 1 fully saturated rings. The molecule has 0 unspecified atom stereocenters. The molecule has 0 aromatic rings. The van der Waals surface area contributed by atoms with Gasteiger partial charge in [0.15, 0.2) is 5.60 Å². The molecule has 2 aliphatic heterocycles. The zero-order valence-electron chi connectivity index (χ0n) is 10.9. The van der Waals surface area contributed by atoms with Crippen molar-refractivity contribution in [3.63, 3.8) is 0 Å². The number of amides is 1. The number of hydrogen-bond donors (Lipinski definition) is 0. The molecule has 0 saturated carbocycles. The molecule has 17 heavy (non-hydrogen) atoms. The molecule has 0 radical (unpaired) electrons. The SMILES string of the molecule is COC[C@@H]1CCCN1C(=O)[C@@]1(C)OCC=C1C. The van der Waals surface area contributed by atoms with E-state index in [-0.39, 0.29) is 11.9 Å². The number of rotatable bonds is 3. The van der Waals surface area contributed by atoms with Crippen LogP contribution in [0.3, 0.4) is 0 Å². The molecule has 0 aliphatic carbocycles. The van der Waals surface area contributed by atoms with Gasteiger partial charge in [0, 0.05) is 13.7 Å². The highest BCUT2D eigenvalue weighted by Gasteiger charge is 2.44. The standard InChI is InChI=1S/C13H21NO3/c1-10-6-8-17-13(10,2)12(15)14-7-4-5-11(14)9-16-3/h6,11H,4-5,7-9H2,1-3H3/t11-,13-/m0/s1. The highest BCUT2D eigenvalue weighted by atomic mass is 16.5. The summed E-state index contributed by atoms with van der Waals surface area (Å²) < 4.78 is 10.8. The van der Waals surface area contributed by atoms with Crippen molar-refractivity contribution < 1.29 is 14.3 Å². The van der Waals surface area contributed by atoms with Crippen LogP contribution in [0.5, 0.6) is 0 Å². The van der Waals surface area contributed by atoms with Crippen molar-refractivity contribution in [2.45, 2.75) is 38.3 Å². The molecule has 0 aromatic heterocycles. The molecule has 0 N–H and O–H groups in total. The first kappa shape index (κ1) is 12.6. The predicted octanol–water partition coefficient (Wildman–Crippen LogP) is 1.36. The van der Waals surface area contributed by atoms with Crippen molar-refractivity contribution in [3.05, 3.63) is 11.6 Å². The number of hydrogen-bond acceptors (Lipinski definition) is 3. The first-order chi connectivity index (χ1) is 8.09. The summed E-state index contributed by atoms with van der Waals surface area (Å²) in [4.78, 5) is 14.5. The van der Waals surface area contributed by atoms with Gasteiger partial charge < -0.3 is 14.4 Å². The number of carbonyl (C=O) groups is 1.